The number of nitrogens with one attached hydrogen (secondary N) is 1. The van der Waals surface area contributed by atoms with E-state index in [-0.39, 0.29) is 5.54 Å². The van der Waals surface area contributed by atoms with Crippen LogP contribution >= 0.6 is 0 Å². The van der Waals surface area contributed by atoms with Gasteiger partial charge in [0.05, 0.1) is 5.69 Å². The topological polar surface area (TPSA) is 37.8 Å². The van der Waals surface area contributed by atoms with Gasteiger partial charge < -0.3 is 5.32 Å². The van der Waals surface area contributed by atoms with Crippen LogP contribution in [0.2, 0.25) is 0 Å². The Morgan fingerprint density at radius 2 is 2.23 bits per heavy atom. The van der Waals surface area contributed by atoms with E-state index in [2.05, 4.69) is 36.1 Å². The van der Waals surface area contributed by atoms with Gasteiger partial charge in [-0.05, 0) is 26.3 Å². The van der Waals surface area contributed by atoms with Crippen LogP contribution in [0, 0.1) is 0 Å². The molecule has 1 aromatic heterocycles. The zero-order valence-electron chi connectivity index (χ0n) is 8.54. The lowest BCUT2D eigenvalue weighted by molar-refractivity contribution is 0.372. The maximum atomic E-state index is 4.14. The van der Waals surface area contributed by atoms with Crippen LogP contribution in [0.3, 0.4) is 0 Å². The number of hydrogen-bond donors (Lipinski definition) is 1. The summed E-state index contributed by atoms with van der Waals surface area (Å²) < 4.78 is 0. The third kappa shape index (κ3) is 3.51. The molecule has 1 rings (SSSR count). The standard InChI is InChI=1S/C10H17N3/c1-4-10(2,3)13-7-9-5-6-11-8-12-9/h5-6,8,13H,4,7H2,1-3H3. The lowest BCUT2D eigenvalue weighted by atomic mass is 10.0. The molecule has 1 N–H and O–H groups in total. The van der Waals surface area contributed by atoms with Crippen molar-refractivity contribution in [2.24, 2.45) is 0 Å². The van der Waals surface area contributed by atoms with Gasteiger partial charge in [-0.1, -0.05) is 6.92 Å². The first-order chi connectivity index (χ1) is 6.14. The molecule has 0 radical (unpaired) electrons. The zero-order valence-corrected chi connectivity index (χ0v) is 8.54. The highest BCUT2D eigenvalue weighted by Gasteiger charge is 2.13. The van der Waals surface area contributed by atoms with E-state index in [1.54, 1.807) is 12.5 Å². The van der Waals surface area contributed by atoms with Crippen molar-refractivity contribution in [3.63, 3.8) is 0 Å². The summed E-state index contributed by atoms with van der Waals surface area (Å²) >= 11 is 0. The summed E-state index contributed by atoms with van der Waals surface area (Å²) in [6.45, 7) is 7.36. The van der Waals surface area contributed by atoms with Gasteiger partial charge in [0.2, 0.25) is 0 Å². The normalized spacial score (nSPS) is 11.6. The molecule has 0 aromatic carbocycles. The van der Waals surface area contributed by atoms with Gasteiger partial charge in [-0.3, -0.25) is 0 Å². The van der Waals surface area contributed by atoms with E-state index in [4.69, 9.17) is 0 Å². The molecule has 13 heavy (non-hydrogen) atoms. The predicted octanol–water partition coefficient (Wildman–Crippen LogP) is 1.75. The molecule has 0 aliphatic heterocycles. The van der Waals surface area contributed by atoms with Gasteiger partial charge in [-0.15, -0.1) is 0 Å². The molecule has 72 valence electrons. The molecule has 3 heteroatoms. The van der Waals surface area contributed by atoms with Crippen molar-refractivity contribution >= 4 is 0 Å². The summed E-state index contributed by atoms with van der Waals surface area (Å²) in [5.74, 6) is 0. The molecule has 0 saturated carbocycles. The highest BCUT2D eigenvalue weighted by Crippen LogP contribution is 2.07. The fraction of sp³-hybridized carbons (Fsp3) is 0.600. The van der Waals surface area contributed by atoms with E-state index in [9.17, 15) is 0 Å². The summed E-state index contributed by atoms with van der Waals surface area (Å²) in [6, 6.07) is 1.93. The molecule has 0 spiro atoms. The molecule has 0 bridgehead atoms. The van der Waals surface area contributed by atoms with Gasteiger partial charge in [0.25, 0.3) is 0 Å². The van der Waals surface area contributed by atoms with Gasteiger partial charge >= 0.3 is 0 Å². The van der Waals surface area contributed by atoms with Crippen LogP contribution in [0.15, 0.2) is 18.6 Å². The van der Waals surface area contributed by atoms with Crippen molar-refractivity contribution in [2.45, 2.75) is 39.3 Å². The molecular weight excluding hydrogens is 162 g/mol. The van der Waals surface area contributed by atoms with Gasteiger partial charge in [-0.2, -0.15) is 0 Å². The first-order valence-corrected chi connectivity index (χ1v) is 4.64. The summed E-state index contributed by atoms with van der Waals surface area (Å²) in [5.41, 5.74) is 1.22. The van der Waals surface area contributed by atoms with E-state index in [0.717, 1.165) is 18.7 Å². The molecule has 0 unspecified atom stereocenters. The van der Waals surface area contributed by atoms with Crippen LogP contribution in [0.4, 0.5) is 0 Å². The number of aromatic nitrogens is 2. The monoisotopic (exact) mass is 179 g/mol. The van der Waals surface area contributed by atoms with Crippen LogP contribution in [0.1, 0.15) is 32.9 Å². The van der Waals surface area contributed by atoms with Gasteiger partial charge in [-0.25, -0.2) is 9.97 Å². The number of hydrogen-bond acceptors (Lipinski definition) is 3. The quantitative estimate of drug-likeness (QED) is 0.765. The van der Waals surface area contributed by atoms with Gasteiger partial charge in [0, 0.05) is 18.3 Å². The second-order valence-electron chi connectivity index (χ2n) is 3.79. The summed E-state index contributed by atoms with van der Waals surface area (Å²) in [4.78, 5) is 8.01. The fourth-order valence-corrected chi connectivity index (χ4v) is 0.877. The lowest BCUT2D eigenvalue weighted by Crippen LogP contribution is -2.38. The molecule has 0 saturated heterocycles. The van der Waals surface area contributed by atoms with Crippen LogP contribution in [-0.2, 0) is 6.54 Å². The second-order valence-corrected chi connectivity index (χ2v) is 3.79. The lowest BCUT2D eigenvalue weighted by Gasteiger charge is -2.24. The smallest absolute Gasteiger partial charge is 0.115 e. The first kappa shape index (κ1) is 10.1. The Morgan fingerprint density at radius 3 is 2.77 bits per heavy atom. The maximum absolute atomic E-state index is 4.14. The molecular formula is C10H17N3. The third-order valence-corrected chi connectivity index (χ3v) is 2.28. The SMILES string of the molecule is CCC(C)(C)NCc1ccncn1. The summed E-state index contributed by atoms with van der Waals surface area (Å²) in [5, 5.41) is 3.43. The minimum absolute atomic E-state index is 0.185. The van der Waals surface area contributed by atoms with E-state index in [1.807, 2.05) is 6.07 Å². The number of nitrogens with zero attached hydrogens (tertiary/aromatic N) is 2. The summed E-state index contributed by atoms with van der Waals surface area (Å²) in [6.07, 6.45) is 4.46. The number of rotatable bonds is 4. The predicted molar refractivity (Wildman–Crippen MR) is 53.2 cm³/mol. The Labute approximate surface area is 79.6 Å². The molecule has 0 atom stereocenters. The molecule has 0 amide bonds. The molecule has 0 aliphatic carbocycles. The van der Waals surface area contributed by atoms with Gasteiger partial charge in [0.1, 0.15) is 6.33 Å². The minimum Gasteiger partial charge on any atom is -0.306 e. The fourth-order valence-electron chi connectivity index (χ4n) is 0.877. The Bertz CT molecular complexity index is 244. The van der Waals surface area contributed by atoms with Gasteiger partial charge in [0.15, 0.2) is 0 Å². The minimum atomic E-state index is 0.185. The van der Waals surface area contributed by atoms with Crippen LogP contribution in [-0.4, -0.2) is 15.5 Å². The van der Waals surface area contributed by atoms with E-state index >= 15 is 0 Å². The van der Waals surface area contributed by atoms with Crippen LogP contribution < -0.4 is 5.32 Å². The van der Waals surface area contributed by atoms with E-state index in [0.29, 0.717) is 0 Å². The highest BCUT2D eigenvalue weighted by atomic mass is 15.0. The largest absolute Gasteiger partial charge is 0.306 e. The van der Waals surface area contributed by atoms with Crippen LogP contribution in [0.5, 0.6) is 0 Å². The van der Waals surface area contributed by atoms with Crippen molar-refractivity contribution < 1.29 is 0 Å². The Hall–Kier alpha value is -0.960. The van der Waals surface area contributed by atoms with Crippen molar-refractivity contribution in [2.75, 3.05) is 0 Å². The Balaban J connectivity index is 2.44. The average molecular weight is 179 g/mol. The Kier molecular flexibility index (Phi) is 3.37. The molecule has 3 nitrogen and oxygen atoms in total. The van der Waals surface area contributed by atoms with Crippen molar-refractivity contribution in [3.8, 4) is 0 Å². The van der Waals surface area contributed by atoms with Crippen LogP contribution in [0.25, 0.3) is 0 Å². The van der Waals surface area contributed by atoms with Crippen molar-refractivity contribution in [1.82, 2.24) is 15.3 Å². The average Bonchev–Trinajstić information content (AvgIpc) is 2.17. The molecule has 1 aromatic rings. The third-order valence-electron chi connectivity index (χ3n) is 2.28. The zero-order chi connectivity index (χ0) is 9.73. The van der Waals surface area contributed by atoms with Crippen molar-refractivity contribution in [1.29, 1.82) is 0 Å². The van der Waals surface area contributed by atoms with E-state index < -0.39 is 0 Å². The first-order valence-electron chi connectivity index (χ1n) is 4.64. The van der Waals surface area contributed by atoms with Crippen molar-refractivity contribution in [3.05, 3.63) is 24.3 Å². The molecule has 0 aliphatic rings. The molecule has 0 fully saturated rings. The highest BCUT2D eigenvalue weighted by molar-refractivity contribution is 4.98. The van der Waals surface area contributed by atoms with E-state index in [1.165, 1.54) is 0 Å². The summed E-state index contributed by atoms with van der Waals surface area (Å²) in [7, 11) is 0. The maximum Gasteiger partial charge on any atom is 0.115 e. The molecule has 1 heterocycles. The Morgan fingerprint density at radius 1 is 1.46 bits per heavy atom. The second kappa shape index (κ2) is 4.33.